The summed E-state index contributed by atoms with van der Waals surface area (Å²) in [5, 5.41) is 11.1. The molecule has 6 heteroatoms. The van der Waals surface area contributed by atoms with Gasteiger partial charge in [-0.2, -0.15) is 5.10 Å². The topological polar surface area (TPSA) is 83.0 Å². The number of H-pyrrole nitrogens is 1. The van der Waals surface area contributed by atoms with Gasteiger partial charge in [0, 0.05) is 0 Å². The molecule has 0 aliphatic heterocycles. The van der Waals surface area contributed by atoms with Crippen molar-refractivity contribution >= 4 is 12.2 Å². The van der Waals surface area contributed by atoms with E-state index in [4.69, 9.17) is 0 Å². The maximum atomic E-state index is 10.9. The number of anilines is 1. The largest absolute Gasteiger partial charge is 0.289 e. The third-order valence-electron chi connectivity index (χ3n) is 2.00. The molecule has 17 heavy (non-hydrogen) atoms. The van der Waals surface area contributed by atoms with Crippen LogP contribution >= 0.6 is 0 Å². The Morgan fingerprint density at radius 2 is 2.35 bits per heavy atom. The van der Waals surface area contributed by atoms with Gasteiger partial charge in [0.2, 0.25) is 5.95 Å². The van der Waals surface area contributed by atoms with Crippen LogP contribution in [0.5, 0.6) is 0 Å². The number of aromatic nitrogens is 3. The summed E-state index contributed by atoms with van der Waals surface area (Å²) in [4.78, 5) is 13.4. The number of aromatic amines is 1. The predicted octanol–water partition coefficient (Wildman–Crippen LogP) is 0.919. The van der Waals surface area contributed by atoms with Crippen LogP contribution in [-0.2, 0) is 0 Å². The van der Waals surface area contributed by atoms with Crippen molar-refractivity contribution < 1.29 is 0 Å². The Labute approximate surface area is 97.4 Å². The van der Waals surface area contributed by atoms with E-state index in [1.807, 2.05) is 31.2 Å². The van der Waals surface area contributed by atoms with Gasteiger partial charge in [0.05, 0.1) is 6.21 Å². The lowest BCUT2D eigenvalue weighted by Gasteiger charge is -1.97. The molecule has 0 aliphatic rings. The summed E-state index contributed by atoms with van der Waals surface area (Å²) >= 11 is 0. The Kier molecular flexibility index (Phi) is 3.25. The Hall–Kier alpha value is -2.50. The number of rotatable bonds is 3. The molecule has 1 aromatic heterocycles. The molecule has 2 N–H and O–H groups in total. The van der Waals surface area contributed by atoms with Crippen molar-refractivity contribution in [1.29, 1.82) is 0 Å². The van der Waals surface area contributed by atoms with Crippen LogP contribution in [0, 0.1) is 6.92 Å². The van der Waals surface area contributed by atoms with E-state index in [2.05, 4.69) is 25.7 Å². The zero-order valence-corrected chi connectivity index (χ0v) is 9.21. The third-order valence-corrected chi connectivity index (χ3v) is 2.00. The van der Waals surface area contributed by atoms with E-state index in [1.165, 1.54) is 0 Å². The quantitative estimate of drug-likeness (QED) is 0.605. The lowest BCUT2D eigenvalue weighted by atomic mass is 10.2. The van der Waals surface area contributed by atoms with E-state index in [9.17, 15) is 4.79 Å². The van der Waals surface area contributed by atoms with Gasteiger partial charge in [-0.15, -0.1) is 10.2 Å². The Balaban J connectivity index is 2.05. The van der Waals surface area contributed by atoms with Crippen molar-refractivity contribution in [3.05, 3.63) is 51.9 Å². The monoisotopic (exact) mass is 229 g/mol. The zero-order chi connectivity index (χ0) is 12.1. The van der Waals surface area contributed by atoms with Crippen LogP contribution in [0.25, 0.3) is 0 Å². The smallest absolute Gasteiger partial charge is 0.271 e. The molecule has 2 rings (SSSR count). The predicted molar refractivity (Wildman–Crippen MR) is 65.0 cm³/mol. The van der Waals surface area contributed by atoms with E-state index >= 15 is 0 Å². The number of hydrazone groups is 1. The molecule has 0 unspecified atom stereocenters. The minimum atomic E-state index is -0.326. The second kappa shape index (κ2) is 5.02. The molecule has 6 nitrogen and oxygen atoms in total. The molecule has 0 fully saturated rings. The number of nitrogens with one attached hydrogen (secondary N) is 2. The van der Waals surface area contributed by atoms with Gasteiger partial charge in [-0.05, 0) is 12.5 Å². The highest BCUT2D eigenvalue weighted by molar-refractivity contribution is 5.80. The van der Waals surface area contributed by atoms with Crippen LogP contribution in [0.3, 0.4) is 0 Å². The fourth-order valence-corrected chi connectivity index (χ4v) is 1.28. The minimum Gasteiger partial charge on any atom is -0.289 e. The van der Waals surface area contributed by atoms with Crippen LogP contribution in [-0.4, -0.2) is 21.4 Å². The highest BCUT2D eigenvalue weighted by Crippen LogP contribution is 2.01. The van der Waals surface area contributed by atoms with Gasteiger partial charge in [-0.1, -0.05) is 29.8 Å². The van der Waals surface area contributed by atoms with Gasteiger partial charge in [-0.25, -0.2) is 5.43 Å². The molecule has 0 aliphatic carbocycles. The zero-order valence-electron chi connectivity index (χ0n) is 9.21. The first-order valence-electron chi connectivity index (χ1n) is 5.02. The summed E-state index contributed by atoms with van der Waals surface area (Å²) in [6.45, 7) is 2.00. The third kappa shape index (κ3) is 3.23. The Morgan fingerprint density at radius 1 is 1.47 bits per heavy atom. The SMILES string of the molecule is Cc1cccc(C=NNc2nncc(=O)[nH]2)c1. The lowest BCUT2D eigenvalue weighted by Crippen LogP contribution is -2.10. The van der Waals surface area contributed by atoms with Gasteiger partial charge in [0.25, 0.3) is 5.56 Å². The maximum absolute atomic E-state index is 10.9. The van der Waals surface area contributed by atoms with Crippen molar-refractivity contribution in [1.82, 2.24) is 15.2 Å². The number of hydrogen-bond donors (Lipinski definition) is 2. The normalized spacial score (nSPS) is 10.6. The molecule has 0 radical (unpaired) electrons. The van der Waals surface area contributed by atoms with Crippen molar-refractivity contribution in [3.63, 3.8) is 0 Å². The number of benzene rings is 1. The molecular weight excluding hydrogens is 218 g/mol. The molecule has 0 atom stereocenters. The second-order valence-electron chi connectivity index (χ2n) is 3.47. The first-order chi connectivity index (χ1) is 8.24. The van der Waals surface area contributed by atoms with Crippen LogP contribution in [0.1, 0.15) is 11.1 Å². The summed E-state index contributed by atoms with van der Waals surface area (Å²) < 4.78 is 0. The van der Waals surface area contributed by atoms with E-state index < -0.39 is 0 Å². The van der Waals surface area contributed by atoms with Crippen LogP contribution in [0.2, 0.25) is 0 Å². The number of hydrogen-bond acceptors (Lipinski definition) is 5. The van der Waals surface area contributed by atoms with Crippen LogP contribution < -0.4 is 11.0 Å². The molecule has 2 aromatic rings. The Morgan fingerprint density at radius 3 is 3.12 bits per heavy atom. The lowest BCUT2D eigenvalue weighted by molar-refractivity contribution is 0.939. The first kappa shape index (κ1) is 11.0. The molecule has 0 bridgehead atoms. The average molecular weight is 229 g/mol. The second-order valence-corrected chi connectivity index (χ2v) is 3.47. The molecule has 0 spiro atoms. The maximum Gasteiger partial charge on any atom is 0.271 e. The molecule has 86 valence electrons. The van der Waals surface area contributed by atoms with Gasteiger partial charge < -0.3 is 0 Å². The van der Waals surface area contributed by atoms with Crippen molar-refractivity contribution in [3.8, 4) is 0 Å². The first-order valence-corrected chi connectivity index (χ1v) is 5.02. The van der Waals surface area contributed by atoms with Crippen molar-refractivity contribution in [2.75, 3.05) is 5.43 Å². The summed E-state index contributed by atoms with van der Waals surface area (Å²) in [7, 11) is 0. The summed E-state index contributed by atoms with van der Waals surface area (Å²) in [5.74, 6) is 0.210. The highest BCUT2D eigenvalue weighted by Gasteiger charge is 1.92. The average Bonchev–Trinajstić information content (AvgIpc) is 2.29. The van der Waals surface area contributed by atoms with E-state index in [0.717, 1.165) is 17.3 Å². The van der Waals surface area contributed by atoms with E-state index in [1.54, 1.807) is 6.21 Å². The Bertz CT molecular complexity index is 590. The summed E-state index contributed by atoms with van der Waals surface area (Å²) in [5.41, 5.74) is 4.38. The number of aryl methyl sites for hydroxylation is 1. The fourth-order valence-electron chi connectivity index (χ4n) is 1.28. The molecule has 1 heterocycles. The van der Waals surface area contributed by atoms with Gasteiger partial charge in [0.1, 0.15) is 6.20 Å². The van der Waals surface area contributed by atoms with Crippen molar-refractivity contribution in [2.24, 2.45) is 5.10 Å². The summed E-state index contributed by atoms with van der Waals surface area (Å²) in [6.07, 6.45) is 2.73. The van der Waals surface area contributed by atoms with Crippen LogP contribution in [0.15, 0.2) is 40.4 Å². The van der Waals surface area contributed by atoms with Crippen molar-refractivity contribution in [2.45, 2.75) is 6.92 Å². The van der Waals surface area contributed by atoms with E-state index in [-0.39, 0.29) is 11.5 Å². The molecule has 1 aromatic carbocycles. The molecule has 0 saturated carbocycles. The van der Waals surface area contributed by atoms with Gasteiger partial charge >= 0.3 is 0 Å². The van der Waals surface area contributed by atoms with E-state index in [0.29, 0.717) is 0 Å². The van der Waals surface area contributed by atoms with Gasteiger partial charge in [0.15, 0.2) is 0 Å². The summed E-state index contributed by atoms with van der Waals surface area (Å²) in [6, 6.07) is 7.87. The molecule has 0 amide bonds. The molecular formula is C11H11N5O. The van der Waals surface area contributed by atoms with Crippen LogP contribution in [0.4, 0.5) is 5.95 Å². The number of nitrogens with zero attached hydrogens (tertiary/aromatic N) is 3. The highest BCUT2D eigenvalue weighted by atomic mass is 16.1. The molecule has 0 saturated heterocycles. The standard InChI is InChI=1S/C11H11N5O/c1-8-3-2-4-9(5-8)6-12-15-11-14-10(17)7-13-16-11/h2-7H,1H3,(H2,14,15,16,17). The van der Waals surface area contributed by atoms with Gasteiger partial charge in [-0.3, -0.25) is 9.78 Å². The fraction of sp³-hybridized carbons (Fsp3) is 0.0909. The minimum absolute atomic E-state index is 0.210.